The van der Waals surface area contributed by atoms with Crippen LogP contribution >= 0.6 is 0 Å². The second kappa shape index (κ2) is 3.74. The van der Waals surface area contributed by atoms with Crippen molar-refractivity contribution in [1.82, 2.24) is 0 Å². The van der Waals surface area contributed by atoms with Gasteiger partial charge < -0.3 is 10.6 Å². The second-order valence-electron chi connectivity index (χ2n) is 5.38. The number of amides is 1. The number of nitriles is 1. The molecule has 1 heterocycles. The third-order valence-electron chi connectivity index (χ3n) is 3.94. The van der Waals surface area contributed by atoms with Crippen molar-refractivity contribution in [3.8, 4) is 6.07 Å². The molecule has 0 aromatic heterocycles. The van der Waals surface area contributed by atoms with Gasteiger partial charge in [0.1, 0.15) is 0 Å². The fourth-order valence-electron chi connectivity index (χ4n) is 2.65. The van der Waals surface area contributed by atoms with E-state index < -0.39 is 0 Å². The van der Waals surface area contributed by atoms with Crippen molar-refractivity contribution in [3.63, 3.8) is 0 Å². The van der Waals surface area contributed by atoms with E-state index in [0.29, 0.717) is 25.1 Å². The van der Waals surface area contributed by atoms with Gasteiger partial charge in [0.25, 0.3) is 0 Å². The lowest BCUT2D eigenvalue weighted by atomic mass is 10.0. The molecule has 4 heteroatoms. The number of rotatable bonds is 3. The zero-order valence-corrected chi connectivity index (χ0v) is 10.1. The highest BCUT2D eigenvalue weighted by Crippen LogP contribution is 2.50. The summed E-state index contributed by atoms with van der Waals surface area (Å²) in [5, 5.41) is 8.84. The van der Waals surface area contributed by atoms with Gasteiger partial charge in [0.05, 0.1) is 12.5 Å². The van der Waals surface area contributed by atoms with Crippen LogP contribution in [0.4, 0.5) is 11.4 Å². The average molecular weight is 241 g/mol. The largest absolute Gasteiger partial charge is 0.399 e. The first-order valence-electron chi connectivity index (χ1n) is 6.19. The first kappa shape index (κ1) is 11.1. The van der Waals surface area contributed by atoms with Crippen molar-refractivity contribution in [2.45, 2.75) is 25.7 Å². The van der Waals surface area contributed by atoms with E-state index in [1.165, 1.54) is 0 Å². The van der Waals surface area contributed by atoms with Crippen LogP contribution < -0.4 is 10.6 Å². The fourth-order valence-corrected chi connectivity index (χ4v) is 2.65. The number of anilines is 2. The molecule has 0 radical (unpaired) electrons. The molecule has 92 valence electrons. The summed E-state index contributed by atoms with van der Waals surface area (Å²) < 4.78 is 0. The minimum absolute atomic E-state index is 0.0490. The predicted molar refractivity (Wildman–Crippen MR) is 68.8 cm³/mol. The van der Waals surface area contributed by atoms with Crippen LogP contribution in [0.1, 0.15) is 24.8 Å². The standard InChI is InChI=1S/C14H15N3O/c15-6-5-14(3-4-14)9-17-12-2-1-11(16)7-10(12)8-13(17)18/h1-2,7H,3-5,8-9,16H2. The Hall–Kier alpha value is -2.02. The topological polar surface area (TPSA) is 70.1 Å². The van der Waals surface area contributed by atoms with Crippen molar-refractivity contribution in [2.75, 3.05) is 17.2 Å². The predicted octanol–water partition coefficient (Wildman–Crippen LogP) is 1.85. The Labute approximate surface area is 106 Å². The summed E-state index contributed by atoms with van der Waals surface area (Å²) >= 11 is 0. The molecule has 1 aromatic carbocycles. The normalized spacial score (nSPS) is 19.5. The molecule has 2 aliphatic rings. The molecular formula is C14H15N3O. The SMILES string of the molecule is N#CCC1(CN2C(=O)Cc3cc(N)ccc32)CC1. The number of nitrogen functional groups attached to an aromatic ring is 1. The molecule has 1 amide bonds. The van der Waals surface area contributed by atoms with E-state index in [-0.39, 0.29) is 11.3 Å². The summed E-state index contributed by atoms with van der Waals surface area (Å²) in [6, 6.07) is 7.85. The van der Waals surface area contributed by atoms with E-state index in [1.807, 2.05) is 23.1 Å². The van der Waals surface area contributed by atoms with Gasteiger partial charge in [-0.2, -0.15) is 5.26 Å². The third-order valence-corrected chi connectivity index (χ3v) is 3.94. The quantitative estimate of drug-likeness (QED) is 0.821. The summed E-state index contributed by atoms with van der Waals surface area (Å²) in [7, 11) is 0. The molecule has 1 aliphatic carbocycles. The van der Waals surface area contributed by atoms with Gasteiger partial charge in [-0.05, 0) is 36.6 Å². The van der Waals surface area contributed by atoms with Gasteiger partial charge in [-0.15, -0.1) is 0 Å². The second-order valence-corrected chi connectivity index (χ2v) is 5.38. The van der Waals surface area contributed by atoms with Crippen LogP contribution in [-0.4, -0.2) is 12.5 Å². The molecule has 1 fully saturated rings. The Morgan fingerprint density at radius 3 is 2.89 bits per heavy atom. The van der Waals surface area contributed by atoms with Crippen LogP contribution in [0.25, 0.3) is 0 Å². The molecule has 0 bridgehead atoms. The molecule has 4 nitrogen and oxygen atoms in total. The smallest absolute Gasteiger partial charge is 0.231 e. The van der Waals surface area contributed by atoms with Gasteiger partial charge in [-0.3, -0.25) is 4.79 Å². The van der Waals surface area contributed by atoms with Crippen molar-refractivity contribution < 1.29 is 4.79 Å². The maximum atomic E-state index is 12.1. The minimum atomic E-state index is 0.0490. The Kier molecular flexibility index (Phi) is 2.30. The Balaban J connectivity index is 1.86. The summed E-state index contributed by atoms with van der Waals surface area (Å²) in [5.41, 5.74) is 8.46. The summed E-state index contributed by atoms with van der Waals surface area (Å²) in [6.45, 7) is 0.677. The molecule has 0 unspecified atom stereocenters. The Bertz CT molecular complexity index is 555. The van der Waals surface area contributed by atoms with Crippen LogP contribution in [-0.2, 0) is 11.2 Å². The fraction of sp³-hybridized carbons (Fsp3) is 0.429. The number of nitrogens with two attached hydrogens (primary N) is 1. The third kappa shape index (κ3) is 1.72. The lowest BCUT2D eigenvalue weighted by Gasteiger charge is -2.22. The van der Waals surface area contributed by atoms with E-state index in [2.05, 4.69) is 6.07 Å². The molecular weight excluding hydrogens is 226 g/mol. The highest BCUT2D eigenvalue weighted by molar-refractivity contribution is 6.01. The summed E-state index contributed by atoms with van der Waals surface area (Å²) in [4.78, 5) is 13.9. The summed E-state index contributed by atoms with van der Waals surface area (Å²) in [6.07, 6.45) is 3.08. The zero-order valence-electron chi connectivity index (χ0n) is 10.1. The first-order chi connectivity index (χ1) is 8.63. The molecule has 18 heavy (non-hydrogen) atoms. The zero-order chi connectivity index (χ0) is 12.8. The number of carbonyl (C=O) groups is 1. The van der Waals surface area contributed by atoms with E-state index >= 15 is 0 Å². The van der Waals surface area contributed by atoms with E-state index in [4.69, 9.17) is 11.0 Å². The van der Waals surface area contributed by atoms with Crippen LogP contribution in [0.15, 0.2) is 18.2 Å². The molecule has 1 aliphatic heterocycles. The van der Waals surface area contributed by atoms with Gasteiger partial charge >= 0.3 is 0 Å². The van der Waals surface area contributed by atoms with E-state index in [1.54, 1.807) is 0 Å². The van der Waals surface area contributed by atoms with Gasteiger partial charge in [0, 0.05) is 29.8 Å². The maximum absolute atomic E-state index is 12.1. The molecule has 0 atom stereocenters. The lowest BCUT2D eigenvalue weighted by Crippen LogP contribution is -2.33. The molecule has 1 saturated carbocycles. The number of hydrogen-bond donors (Lipinski definition) is 1. The van der Waals surface area contributed by atoms with Crippen LogP contribution in [0, 0.1) is 16.7 Å². The Morgan fingerprint density at radius 1 is 1.44 bits per heavy atom. The number of carbonyl (C=O) groups excluding carboxylic acids is 1. The van der Waals surface area contributed by atoms with Crippen molar-refractivity contribution in [2.24, 2.45) is 5.41 Å². The molecule has 2 N–H and O–H groups in total. The number of nitrogens with zero attached hydrogens (tertiary/aromatic N) is 2. The first-order valence-corrected chi connectivity index (χ1v) is 6.19. The molecule has 0 saturated heterocycles. The van der Waals surface area contributed by atoms with Gasteiger partial charge in [-0.25, -0.2) is 0 Å². The van der Waals surface area contributed by atoms with Crippen molar-refractivity contribution >= 4 is 17.3 Å². The number of benzene rings is 1. The molecule has 0 spiro atoms. The number of hydrogen-bond acceptors (Lipinski definition) is 3. The van der Waals surface area contributed by atoms with Gasteiger partial charge in [-0.1, -0.05) is 0 Å². The lowest BCUT2D eigenvalue weighted by molar-refractivity contribution is -0.117. The highest BCUT2D eigenvalue weighted by Gasteiger charge is 2.46. The average Bonchev–Trinajstić information content (AvgIpc) is 3.00. The van der Waals surface area contributed by atoms with Crippen molar-refractivity contribution in [3.05, 3.63) is 23.8 Å². The van der Waals surface area contributed by atoms with E-state index in [9.17, 15) is 4.79 Å². The van der Waals surface area contributed by atoms with Crippen LogP contribution in [0.3, 0.4) is 0 Å². The molecule has 3 rings (SSSR count). The van der Waals surface area contributed by atoms with Crippen molar-refractivity contribution in [1.29, 1.82) is 5.26 Å². The van der Waals surface area contributed by atoms with Crippen LogP contribution in [0.5, 0.6) is 0 Å². The van der Waals surface area contributed by atoms with E-state index in [0.717, 1.165) is 24.1 Å². The monoisotopic (exact) mass is 241 g/mol. The maximum Gasteiger partial charge on any atom is 0.231 e. The molecule has 1 aromatic rings. The summed E-state index contributed by atoms with van der Waals surface area (Å²) in [5.74, 6) is 0.125. The Morgan fingerprint density at radius 2 is 2.22 bits per heavy atom. The number of fused-ring (bicyclic) bond motifs is 1. The van der Waals surface area contributed by atoms with Gasteiger partial charge in [0.15, 0.2) is 0 Å². The highest BCUT2D eigenvalue weighted by atomic mass is 16.2. The van der Waals surface area contributed by atoms with Gasteiger partial charge in [0.2, 0.25) is 5.91 Å². The van der Waals surface area contributed by atoms with Crippen LogP contribution in [0.2, 0.25) is 0 Å². The minimum Gasteiger partial charge on any atom is -0.399 e.